The van der Waals surface area contributed by atoms with Crippen molar-refractivity contribution in [1.29, 1.82) is 0 Å². The van der Waals surface area contributed by atoms with Crippen LogP contribution >= 0.6 is 0 Å². The van der Waals surface area contributed by atoms with E-state index in [2.05, 4.69) is 231 Å². The molecule has 10 aromatic carbocycles. The van der Waals surface area contributed by atoms with Crippen molar-refractivity contribution in [1.82, 2.24) is 4.57 Å². The summed E-state index contributed by atoms with van der Waals surface area (Å²) >= 11 is 0. The van der Waals surface area contributed by atoms with Gasteiger partial charge in [0.05, 0.1) is 11.0 Å². The molecule has 0 amide bonds. The molecule has 0 saturated carbocycles. The topological polar surface area (TPSA) is 31.2 Å². The minimum atomic E-state index is -0.284. The van der Waals surface area contributed by atoms with Gasteiger partial charge in [-0.15, -0.1) is 0 Å². The predicted molar refractivity (Wildman–Crippen MR) is 275 cm³/mol. The first-order chi connectivity index (χ1) is 32.4. The number of benzene rings is 10. The minimum absolute atomic E-state index is 0.284. The lowest BCUT2D eigenvalue weighted by Gasteiger charge is -2.23. The SMILES string of the molecule is CC1(C)c2cc(-c3ccc4oc5ccc(-c6ccccc6)cc5c4c3)ccc2-c2ccc3c(c21)c1cc(-c2ccc4oc5ccc(-c6ccccc6)cc5c4c2)ccc1n3-c1ccccc1. The first-order valence-corrected chi connectivity index (χ1v) is 22.8. The Morgan fingerprint density at radius 2 is 0.727 bits per heavy atom. The first kappa shape index (κ1) is 37.0. The Labute approximate surface area is 381 Å². The maximum absolute atomic E-state index is 6.40. The van der Waals surface area contributed by atoms with Crippen molar-refractivity contribution >= 4 is 65.7 Å². The first-order valence-electron chi connectivity index (χ1n) is 22.8. The van der Waals surface area contributed by atoms with Crippen molar-refractivity contribution in [2.75, 3.05) is 0 Å². The standard InChI is InChI=1S/C63H41NO2/c1-63(2)54-37-45(44-23-31-60-52(35-44)50-33-41(21-29-58(50)66-60)39-14-8-4-9-15-39)18-24-47(54)48-25-27-56-61(62(48)63)53-36-42(19-26-55(53)64(56)46-16-10-5-11-17-46)43-22-30-59-51(34-43)49-32-40(20-28-57(49)65-59)38-12-6-3-7-13-38/h3-37H,1-2H3. The van der Waals surface area contributed by atoms with Gasteiger partial charge in [0.1, 0.15) is 22.3 Å². The van der Waals surface area contributed by atoms with Crippen LogP contribution in [0.4, 0.5) is 0 Å². The van der Waals surface area contributed by atoms with E-state index in [9.17, 15) is 0 Å². The molecule has 1 aliphatic carbocycles. The molecular weight excluding hydrogens is 803 g/mol. The summed E-state index contributed by atoms with van der Waals surface area (Å²) in [6, 6.07) is 77.1. The summed E-state index contributed by atoms with van der Waals surface area (Å²) in [5.41, 5.74) is 21.7. The molecule has 0 unspecified atom stereocenters. The summed E-state index contributed by atoms with van der Waals surface area (Å²) in [5.74, 6) is 0. The smallest absolute Gasteiger partial charge is 0.135 e. The summed E-state index contributed by atoms with van der Waals surface area (Å²) in [6.07, 6.45) is 0. The molecule has 3 heteroatoms. The van der Waals surface area contributed by atoms with E-state index in [1.807, 2.05) is 0 Å². The predicted octanol–water partition coefficient (Wildman–Crippen LogP) is 17.6. The van der Waals surface area contributed by atoms with Crippen LogP contribution in [0, 0.1) is 0 Å². The molecule has 310 valence electrons. The van der Waals surface area contributed by atoms with Crippen LogP contribution in [0.5, 0.6) is 0 Å². The van der Waals surface area contributed by atoms with E-state index in [-0.39, 0.29) is 5.41 Å². The highest BCUT2D eigenvalue weighted by molar-refractivity contribution is 6.16. The molecule has 0 radical (unpaired) electrons. The van der Waals surface area contributed by atoms with E-state index in [1.165, 1.54) is 83.0 Å². The zero-order valence-electron chi connectivity index (χ0n) is 36.5. The number of fused-ring (bicyclic) bond motifs is 13. The fraction of sp³-hybridized carbons (Fsp3) is 0.0476. The van der Waals surface area contributed by atoms with E-state index in [4.69, 9.17) is 8.83 Å². The second-order valence-corrected chi connectivity index (χ2v) is 18.5. The molecule has 0 saturated heterocycles. The highest BCUT2D eigenvalue weighted by atomic mass is 16.3. The average molecular weight is 844 g/mol. The highest BCUT2D eigenvalue weighted by Crippen LogP contribution is 2.54. The van der Waals surface area contributed by atoms with Gasteiger partial charge < -0.3 is 13.4 Å². The van der Waals surface area contributed by atoms with E-state index in [0.29, 0.717) is 0 Å². The van der Waals surface area contributed by atoms with E-state index < -0.39 is 0 Å². The molecule has 0 N–H and O–H groups in total. The molecule has 1 aliphatic rings. The number of rotatable bonds is 5. The molecule has 0 aliphatic heterocycles. The molecular formula is C63H41NO2. The Balaban J connectivity index is 0.920. The van der Waals surface area contributed by atoms with Gasteiger partial charge in [-0.25, -0.2) is 0 Å². The molecule has 3 aromatic heterocycles. The average Bonchev–Trinajstić information content (AvgIpc) is 4.09. The van der Waals surface area contributed by atoms with Crippen LogP contribution in [-0.2, 0) is 5.41 Å². The van der Waals surface area contributed by atoms with E-state index in [0.717, 1.165) is 55.1 Å². The largest absolute Gasteiger partial charge is 0.456 e. The normalized spacial score (nSPS) is 13.1. The quantitative estimate of drug-likeness (QED) is 0.173. The fourth-order valence-electron chi connectivity index (χ4n) is 11.2. The molecule has 13 aromatic rings. The van der Waals surface area contributed by atoms with E-state index >= 15 is 0 Å². The highest BCUT2D eigenvalue weighted by Gasteiger charge is 2.38. The van der Waals surface area contributed by atoms with E-state index in [1.54, 1.807) is 0 Å². The maximum atomic E-state index is 6.40. The molecule has 14 rings (SSSR count). The second-order valence-electron chi connectivity index (χ2n) is 18.5. The Bertz CT molecular complexity index is 4110. The van der Waals surface area contributed by atoms with Crippen LogP contribution in [0.2, 0.25) is 0 Å². The van der Waals surface area contributed by atoms with Gasteiger partial charge in [0.15, 0.2) is 0 Å². The number of nitrogens with zero attached hydrogens (tertiary/aromatic N) is 1. The van der Waals surface area contributed by atoms with Crippen LogP contribution in [0.25, 0.3) is 127 Å². The van der Waals surface area contributed by atoms with Gasteiger partial charge in [0, 0.05) is 43.4 Å². The Morgan fingerprint density at radius 3 is 1.24 bits per heavy atom. The molecule has 3 nitrogen and oxygen atoms in total. The third-order valence-electron chi connectivity index (χ3n) is 14.4. The van der Waals surface area contributed by atoms with Crippen LogP contribution < -0.4 is 0 Å². The van der Waals surface area contributed by atoms with Gasteiger partial charge in [-0.1, -0.05) is 141 Å². The fourth-order valence-corrected chi connectivity index (χ4v) is 11.2. The third kappa shape index (κ3) is 5.44. The van der Waals surface area contributed by atoms with Gasteiger partial charge in [-0.3, -0.25) is 0 Å². The molecule has 3 heterocycles. The number of furan rings is 2. The lowest BCUT2D eigenvalue weighted by atomic mass is 9.79. The monoisotopic (exact) mass is 843 g/mol. The van der Waals surface area contributed by atoms with Gasteiger partial charge in [0.25, 0.3) is 0 Å². The van der Waals surface area contributed by atoms with Crippen molar-refractivity contribution in [3.63, 3.8) is 0 Å². The second kappa shape index (κ2) is 13.8. The van der Waals surface area contributed by atoms with Crippen molar-refractivity contribution in [3.05, 3.63) is 223 Å². The number of aromatic nitrogens is 1. The number of para-hydroxylation sites is 1. The summed E-state index contributed by atoms with van der Waals surface area (Å²) in [6.45, 7) is 4.83. The van der Waals surface area contributed by atoms with Gasteiger partial charge >= 0.3 is 0 Å². The van der Waals surface area contributed by atoms with Crippen LogP contribution in [0.1, 0.15) is 25.0 Å². The van der Waals surface area contributed by atoms with Crippen LogP contribution in [-0.4, -0.2) is 4.57 Å². The van der Waals surface area contributed by atoms with Gasteiger partial charge in [0.2, 0.25) is 0 Å². The van der Waals surface area contributed by atoms with Crippen LogP contribution in [0.3, 0.4) is 0 Å². The summed E-state index contributed by atoms with van der Waals surface area (Å²) in [5, 5.41) is 7.07. The summed E-state index contributed by atoms with van der Waals surface area (Å²) in [4.78, 5) is 0. The molecule has 0 fully saturated rings. The zero-order chi connectivity index (χ0) is 43.7. The van der Waals surface area contributed by atoms with Crippen molar-refractivity contribution in [2.45, 2.75) is 19.3 Å². The number of hydrogen-bond donors (Lipinski definition) is 0. The van der Waals surface area contributed by atoms with Crippen molar-refractivity contribution in [3.8, 4) is 61.3 Å². The lowest BCUT2D eigenvalue weighted by molar-refractivity contribution is 0.666. The molecule has 0 bridgehead atoms. The zero-order valence-corrected chi connectivity index (χ0v) is 36.5. The van der Waals surface area contributed by atoms with Gasteiger partial charge in [-0.2, -0.15) is 0 Å². The summed E-state index contributed by atoms with van der Waals surface area (Å²) < 4.78 is 15.2. The minimum Gasteiger partial charge on any atom is -0.456 e. The molecule has 66 heavy (non-hydrogen) atoms. The van der Waals surface area contributed by atoms with Gasteiger partial charge in [-0.05, 0) is 152 Å². The summed E-state index contributed by atoms with van der Waals surface area (Å²) in [7, 11) is 0. The number of hydrogen-bond acceptors (Lipinski definition) is 2. The van der Waals surface area contributed by atoms with Crippen molar-refractivity contribution < 1.29 is 8.83 Å². The Kier molecular flexibility index (Phi) is 7.74. The van der Waals surface area contributed by atoms with Crippen LogP contribution in [0.15, 0.2) is 221 Å². The van der Waals surface area contributed by atoms with Crippen molar-refractivity contribution in [2.24, 2.45) is 0 Å². The molecule has 0 spiro atoms. The third-order valence-corrected chi connectivity index (χ3v) is 14.4. The Hall–Kier alpha value is -8.40. The molecule has 0 atom stereocenters. The maximum Gasteiger partial charge on any atom is 0.135 e. The Morgan fingerprint density at radius 1 is 0.333 bits per heavy atom. The lowest BCUT2D eigenvalue weighted by Crippen LogP contribution is -2.15.